The molecule has 2 rings (SSSR count). The zero-order valence-corrected chi connectivity index (χ0v) is 9.15. The van der Waals surface area contributed by atoms with Gasteiger partial charge in [-0.2, -0.15) is 0 Å². The monoisotopic (exact) mass is 221 g/mol. The molecule has 0 aliphatic carbocycles. The Morgan fingerprint density at radius 1 is 1.40 bits per heavy atom. The first-order valence-electron chi connectivity index (χ1n) is 4.73. The van der Waals surface area contributed by atoms with Crippen LogP contribution in [0.1, 0.15) is 18.7 Å². The summed E-state index contributed by atoms with van der Waals surface area (Å²) in [5.41, 5.74) is 7.70. The minimum absolute atomic E-state index is 0.0660. The summed E-state index contributed by atoms with van der Waals surface area (Å²) in [6.07, 6.45) is 3.48. The van der Waals surface area contributed by atoms with Gasteiger partial charge in [0.25, 0.3) is 0 Å². The summed E-state index contributed by atoms with van der Waals surface area (Å²) in [5, 5.41) is 0.692. The van der Waals surface area contributed by atoms with Crippen LogP contribution in [-0.4, -0.2) is 9.55 Å². The van der Waals surface area contributed by atoms with Crippen LogP contribution < -0.4 is 5.73 Å². The van der Waals surface area contributed by atoms with Crippen molar-refractivity contribution in [1.82, 2.24) is 9.55 Å². The van der Waals surface area contributed by atoms with Crippen molar-refractivity contribution in [2.75, 3.05) is 0 Å². The molecule has 2 N–H and O–H groups in total. The maximum atomic E-state index is 6.10. The van der Waals surface area contributed by atoms with E-state index in [4.69, 9.17) is 17.3 Å². The Kier molecular flexibility index (Phi) is 2.75. The number of para-hydroxylation sites is 1. The van der Waals surface area contributed by atoms with Crippen molar-refractivity contribution in [2.45, 2.75) is 13.0 Å². The molecule has 1 aromatic heterocycles. The third kappa shape index (κ3) is 1.89. The largest absolute Gasteiger partial charge is 0.323 e. The molecule has 0 spiro atoms. The van der Waals surface area contributed by atoms with Crippen molar-refractivity contribution in [2.24, 2.45) is 5.73 Å². The highest BCUT2D eigenvalue weighted by Crippen LogP contribution is 2.22. The molecule has 15 heavy (non-hydrogen) atoms. The Bertz CT molecular complexity index is 462. The van der Waals surface area contributed by atoms with E-state index in [-0.39, 0.29) is 6.04 Å². The minimum atomic E-state index is -0.0660. The quantitative estimate of drug-likeness (QED) is 0.847. The van der Waals surface area contributed by atoms with E-state index in [1.165, 1.54) is 0 Å². The molecule has 0 bridgehead atoms. The molecule has 78 valence electrons. The molecule has 0 amide bonds. The normalized spacial score (nSPS) is 12.7. The third-order valence-electron chi connectivity index (χ3n) is 2.25. The van der Waals surface area contributed by atoms with Gasteiger partial charge >= 0.3 is 0 Å². The van der Waals surface area contributed by atoms with Crippen LogP contribution in [0.2, 0.25) is 5.02 Å². The first-order valence-corrected chi connectivity index (χ1v) is 5.10. The number of nitrogens with zero attached hydrogens (tertiary/aromatic N) is 2. The lowest BCUT2D eigenvalue weighted by Gasteiger charge is -2.11. The summed E-state index contributed by atoms with van der Waals surface area (Å²) in [6.45, 7) is 1.92. The fraction of sp³-hybridized carbons (Fsp3) is 0.182. The van der Waals surface area contributed by atoms with E-state index < -0.39 is 0 Å². The van der Waals surface area contributed by atoms with Crippen molar-refractivity contribution in [3.05, 3.63) is 47.5 Å². The summed E-state index contributed by atoms with van der Waals surface area (Å²) in [5.74, 6) is 0. The van der Waals surface area contributed by atoms with Crippen LogP contribution in [0.15, 0.2) is 36.8 Å². The fourth-order valence-corrected chi connectivity index (χ4v) is 1.72. The number of nitrogens with two attached hydrogens (primary N) is 1. The smallest absolute Gasteiger partial charge is 0.0995 e. The molecular weight excluding hydrogens is 210 g/mol. The van der Waals surface area contributed by atoms with E-state index >= 15 is 0 Å². The zero-order valence-electron chi connectivity index (χ0n) is 8.39. The van der Waals surface area contributed by atoms with E-state index in [0.29, 0.717) is 5.02 Å². The number of imidazole rings is 1. The van der Waals surface area contributed by atoms with Crippen LogP contribution in [-0.2, 0) is 0 Å². The molecule has 0 fully saturated rings. The second-order valence-electron chi connectivity index (χ2n) is 3.43. The van der Waals surface area contributed by atoms with Crippen molar-refractivity contribution >= 4 is 11.6 Å². The highest BCUT2D eigenvalue weighted by atomic mass is 35.5. The Balaban J connectivity index is 2.55. The van der Waals surface area contributed by atoms with Crippen molar-refractivity contribution < 1.29 is 0 Å². The highest BCUT2D eigenvalue weighted by Gasteiger charge is 2.09. The summed E-state index contributed by atoms with van der Waals surface area (Å²) < 4.78 is 1.91. The maximum Gasteiger partial charge on any atom is 0.0995 e. The van der Waals surface area contributed by atoms with Gasteiger partial charge in [0.2, 0.25) is 0 Å². The van der Waals surface area contributed by atoms with Gasteiger partial charge in [0.15, 0.2) is 0 Å². The molecule has 0 saturated heterocycles. The molecule has 4 heteroatoms. The van der Waals surface area contributed by atoms with E-state index in [1.54, 1.807) is 12.5 Å². The van der Waals surface area contributed by atoms with Gasteiger partial charge in [-0.1, -0.05) is 23.7 Å². The highest BCUT2D eigenvalue weighted by molar-refractivity contribution is 6.32. The molecule has 2 aromatic rings. The van der Waals surface area contributed by atoms with Crippen molar-refractivity contribution in [3.8, 4) is 5.69 Å². The Hall–Kier alpha value is -1.32. The maximum absolute atomic E-state index is 6.10. The molecule has 0 aliphatic heterocycles. The molecule has 1 heterocycles. The lowest BCUT2D eigenvalue weighted by molar-refractivity contribution is 0.752. The average molecular weight is 222 g/mol. The third-order valence-corrected chi connectivity index (χ3v) is 2.57. The first kappa shape index (κ1) is 10.2. The Morgan fingerprint density at radius 2 is 2.13 bits per heavy atom. The van der Waals surface area contributed by atoms with Crippen LogP contribution >= 0.6 is 11.6 Å². The van der Waals surface area contributed by atoms with Crippen molar-refractivity contribution in [1.29, 1.82) is 0 Å². The number of hydrogen-bond acceptors (Lipinski definition) is 2. The van der Waals surface area contributed by atoms with Crippen LogP contribution in [0.4, 0.5) is 0 Å². The molecule has 0 saturated carbocycles. The van der Waals surface area contributed by atoms with Gasteiger partial charge in [-0.15, -0.1) is 0 Å². The number of halogens is 1. The van der Waals surface area contributed by atoms with Crippen molar-refractivity contribution in [3.63, 3.8) is 0 Å². The summed E-state index contributed by atoms with van der Waals surface area (Å²) in [4.78, 5) is 4.09. The minimum Gasteiger partial charge on any atom is -0.323 e. The summed E-state index contributed by atoms with van der Waals surface area (Å²) in [6, 6.07) is 7.56. The molecule has 0 unspecified atom stereocenters. The first-order chi connectivity index (χ1) is 7.20. The molecular formula is C11H12ClN3. The fourth-order valence-electron chi connectivity index (χ4n) is 1.49. The summed E-state index contributed by atoms with van der Waals surface area (Å²) >= 11 is 6.10. The van der Waals surface area contributed by atoms with Gasteiger partial charge in [0.05, 0.1) is 28.9 Å². The number of hydrogen-bond donors (Lipinski definition) is 1. The predicted molar refractivity (Wildman–Crippen MR) is 61.2 cm³/mol. The van der Waals surface area contributed by atoms with Gasteiger partial charge in [-0.05, 0) is 19.1 Å². The second kappa shape index (κ2) is 4.04. The van der Waals surface area contributed by atoms with Gasteiger partial charge in [-0.25, -0.2) is 4.98 Å². The molecule has 3 nitrogen and oxygen atoms in total. The molecule has 1 atom stereocenters. The zero-order chi connectivity index (χ0) is 10.8. The number of rotatable bonds is 2. The average Bonchev–Trinajstić information content (AvgIpc) is 2.67. The Morgan fingerprint density at radius 3 is 2.80 bits per heavy atom. The molecule has 0 radical (unpaired) electrons. The lowest BCUT2D eigenvalue weighted by atomic mass is 10.2. The Labute approximate surface area is 93.5 Å². The predicted octanol–water partition coefficient (Wildman–Crippen LogP) is 2.55. The SMILES string of the molecule is C[C@@H](N)c1cncn1-c1ccccc1Cl. The molecule has 1 aromatic carbocycles. The van der Waals surface area contributed by atoms with Crippen LogP contribution in [0, 0.1) is 0 Å². The number of benzene rings is 1. The standard InChI is InChI=1S/C11H12ClN3/c1-8(13)11-6-14-7-15(11)10-5-3-2-4-9(10)12/h2-8H,13H2,1H3/t8-/m1/s1. The van der Waals surface area contributed by atoms with E-state index in [1.807, 2.05) is 35.8 Å². The van der Waals surface area contributed by atoms with Gasteiger partial charge in [0, 0.05) is 6.04 Å². The van der Waals surface area contributed by atoms with E-state index in [0.717, 1.165) is 11.4 Å². The number of aromatic nitrogens is 2. The van der Waals surface area contributed by atoms with Crippen LogP contribution in [0.25, 0.3) is 5.69 Å². The van der Waals surface area contributed by atoms with E-state index in [9.17, 15) is 0 Å². The van der Waals surface area contributed by atoms with Crippen LogP contribution in [0.3, 0.4) is 0 Å². The topological polar surface area (TPSA) is 43.8 Å². The van der Waals surface area contributed by atoms with Gasteiger partial charge < -0.3 is 10.3 Å². The van der Waals surface area contributed by atoms with E-state index in [2.05, 4.69) is 4.98 Å². The second-order valence-corrected chi connectivity index (χ2v) is 3.84. The summed E-state index contributed by atoms with van der Waals surface area (Å²) in [7, 11) is 0. The van der Waals surface area contributed by atoms with Gasteiger partial charge in [-0.3, -0.25) is 0 Å². The lowest BCUT2D eigenvalue weighted by Crippen LogP contribution is -2.10. The van der Waals surface area contributed by atoms with Crippen LogP contribution in [0.5, 0.6) is 0 Å². The molecule has 0 aliphatic rings. The van der Waals surface area contributed by atoms with Gasteiger partial charge in [0.1, 0.15) is 0 Å².